The van der Waals surface area contributed by atoms with Gasteiger partial charge in [0.15, 0.2) is 0 Å². The first-order valence-corrected chi connectivity index (χ1v) is 9.56. The Hall–Kier alpha value is -3.51. The van der Waals surface area contributed by atoms with Gasteiger partial charge in [0, 0.05) is 36.1 Å². The number of carboxylic acid groups (broad SMARTS) is 1. The van der Waals surface area contributed by atoms with Gasteiger partial charge in [-0.3, -0.25) is 0 Å². The minimum Gasteiger partial charge on any atom is -0.477 e. The number of nitrogens with one attached hydrogen (secondary N) is 1. The predicted octanol–water partition coefficient (Wildman–Crippen LogP) is 4.96. The maximum Gasteiger partial charge on any atom is 0.352 e. The molecule has 6 heteroatoms. The summed E-state index contributed by atoms with van der Waals surface area (Å²) >= 11 is 0. The Morgan fingerprint density at radius 1 is 0.867 bits per heavy atom. The van der Waals surface area contributed by atoms with Crippen LogP contribution in [0.2, 0.25) is 0 Å². The summed E-state index contributed by atoms with van der Waals surface area (Å²) in [5.41, 5.74) is 3.20. The zero-order valence-electron chi connectivity index (χ0n) is 16.1. The molecule has 0 radical (unpaired) electrons. The van der Waals surface area contributed by atoms with E-state index in [-0.39, 0.29) is 23.9 Å². The van der Waals surface area contributed by atoms with Gasteiger partial charge in [-0.1, -0.05) is 42.5 Å². The Kier molecular flexibility index (Phi) is 5.59. The van der Waals surface area contributed by atoms with Crippen LogP contribution in [-0.2, 0) is 19.6 Å². The van der Waals surface area contributed by atoms with E-state index in [2.05, 4.69) is 5.32 Å². The van der Waals surface area contributed by atoms with Gasteiger partial charge in [-0.2, -0.15) is 0 Å². The van der Waals surface area contributed by atoms with E-state index < -0.39 is 5.97 Å². The lowest BCUT2D eigenvalue weighted by atomic mass is 10.1. The lowest BCUT2D eigenvalue weighted by Crippen LogP contribution is -2.17. The van der Waals surface area contributed by atoms with Crippen LogP contribution in [0.1, 0.15) is 27.2 Å². The van der Waals surface area contributed by atoms with Gasteiger partial charge in [-0.05, 0) is 41.5 Å². The number of hydrogen-bond acceptors (Lipinski definition) is 2. The van der Waals surface area contributed by atoms with Gasteiger partial charge in [0.1, 0.15) is 17.3 Å². The van der Waals surface area contributed by atoms with Crippen molar-refractivity contribution < 1.29 is 18.7 Å². The first kappa shape index (κ1) is 19.8. The molecule has 0 saturated carbocycles. The molecule has 0 saturated heterocycles. The molecular formula is C24H20F2N2O2. The maximum absolute atomic E-state index is 13.6. The van der Waals surface area contributed by atoms with Gasteiger partial charge >= 0.3 is 5.97 Å². The van der Waals surface area contributed by atoms with E-state index in [9.17, 15) is 18.7 Å². The van der Waals surface area contributed by atoms with E-state index in [0.717, 1.165) is 16.5 Å². The lowest BCUT2D eigenvalue weighted by molar-refractivity contribution is 0.0684. The summed E-state index contributed by atoms with van der Waals surface area (Å²) in [6.07, 6.45) is 0. The Morgan fingerprint density at radius 2 is 1.63 bits per heavy atom. The van der Waals surface area contributed by atoms with Crippen LogP contribution in [0.3, 0.4) is 0 Å². The molecule has 0 unspecified atom stereocenters. The van der Waals surface area contributed by atoms with Crippen molar-refractivity contribution in [2.75, 3.05) is 0 Å². The quantitative estimate of drug-likeness (QED) is 0.456. The number of hydrogen-bond donors (Lipinski definition) is 2. The molecule has 0 spiro atoms. The normalized spacial score (nSPS) is 11.1. The summed E-state index contributed by atoms with van der Waals surface area (Å²) in [7, 11) is 0. The Bertz CT molecular complexity index is 1200. The molecule has 0 aliphatic rings. The first-order valence-electron chi connectivity index (χ1n) is 9.56. The van der Waals surface area contributed by atoms with Gasteiger partial charge in [0.2, 0.25) is 0 Å². The standard InChI is InChI=1S/C24H20F2N2O2/c25-18-10-8-16(9-11-18)13-27-14-21-20-6-1-2-7-22(20)28(23(21)24(29)30)15-17-4-3-5-19(26)12-17/h1-12,27H,13-15H2,(H,29,30). The third-order valence-electron chi connectivity index (χ3n) is 5.05. The summed E-state index contributed by atoms with van der Waals surface area (Å²) in [4.78, 5) is 12.2. The zero-order chi connectivity index (χ0) is 21.1. The zero-order valence-corrected chi connectivity index (χ0v) is 16.1. The van der Waals surface area contributed by atoms with E-state index in [0.29, 0.717) is 24.2 Å². The molecule has 0 amide bonds. The molecule has 0 aliphatic carbocycles. The molecule has 152 valence electrons. The third kappa shape index (κ3) is 4.09. The van der Waals surface area contributed by atoms with Crippen LogP contribution in [0.5, 0.6) is 0 Å². The van der Waals surface area contributed by atoms with Crippen LogP contribution in [0.15, 0.2) is 72.8 Å². The topological polar surface area (TPSA) is 54.3 Å². The summed E-state index contributed by atoms with van der Waals surface area (Å²) in [6, 6.07) is 19.8. The summed E-state index contributed by atoms with van der Waals surface area (Å²) in [5, 5.41) is 14.0. The molecule has 1 aromatic heterocycles. The highest BCUT2D eigenvalue weighted by molar-refractivity contribution is 5.98. The van der Waals surface area contributed by atoms with E-state index in [1.165, 1.54) is 24.3 Å². The van der Waals surface area contributed by atoms with Crippen LogP contribution in [0, 0.1) is 11.6 Å². The SMILES string of the molecule is O=C(O)c1c(CNCc2ccc(F)cc2)c2ccccc2n1Cc1cccc(F)c1. The minimum atomic E-state index is -1.04. The molecule has 0 atom stereocenters. The highest BCUT2D eigenvalue weighted by Crippen LogP contribution is 2.28. The fraction of sp³-hybridized carbons (Fsp3) is 0.125. The number of carbonyl (C=O) groups is 1. The van der Waals surface area contributed by atoms with Crippen molar-refractivity contribution in [3.8, 4) is 0 Å². The number of benzene rings is 3. The Morgan fingerprint density at radius 3 is 2.37 bits per heavy atom. The molecule has 0 fully saturated rings. The van der Waals surface area contributed by atoms with Crippen molar-refractivity contribution in [1.82, 2.24) is 9.88 Å². The smallest absolute Gasteiger partial charge is 0.352 e. The molecule has 3 aromatic carbocycles. The van der Waals surface area contributed by atoms with E-state index in [1.54, 1.807) is 28.8 Å². The van der Waals surface area contributed by atoms with Gasteiger partial charge < -0.3 is 15.0 Å². The number of carboxylic acids is 1. The largest absolute Gasteiger partial charge is 0.477 e. The molecule has 4 rings (SSSR count). The second-order valence-corrected chi connectivity index (χ2v) is 7.10. The van der Waals surface area contributed by atoms with Crippen molar-refractivity contribution in [3.63, 3.8) is 0 Å². The van der Waals surface area contributed by atoms with E-state index >= 15 is 0 Å². The number of para-hydroxylation sites is 1. The molecule has 2 N–H and O–H groups in total. The third-order valence-corrected chi connectivity index (χ3v) is 5.05. The molecule has 1 heterocycles. The molecule has 0 bridgehead atoms. The van der Waals surface area contributed by atoms with E-state index in [1.807, 2.05) is 24.3 Å². The van der Waals surface area contributed by atoms with Gasteiger partial charge in [-0.15, -0.1) is 0 Å². The molecule has 4 aromatic rings. The molecular weight excluding hydrogens is 386 g/mol. The van der Waals surface area contributed by atoms with Gasteiger partial charge in [0.05, 0.1) is 0 Å². The van der Waals surface area contributed by atoms with E-state index in [4.69, 9.17) is 0 Å². The number of aromatic carboxylic acids is 1. The van der Waals surface area contributed by atoms with Gasteiger partial charge in [0.25, 0.3) is 0 Å². The first-order chi connectivity index (χ1) is 14.5. The molecule has 0 aliphatic heterocycles. The number of fused-ring (bicyclic) bond motifs is 1. The summed E-state index contributed by atoms with van der Waals surface area (Å²) < 4.78 is 28.4. The highest BCUT2D eigenvalue weighted by atomic mass is 19.1. The average molecular weight is 406 g/mol. The van der Waals surface area contributed by atoms with Crippen LogP contribution < -0.4 is 5.32 Å². The van der Waals surface area contributed by atoms with Crippen LogP contribution in [0.25, 0.3) is 10.9 Å². The fourth-order valence-corrected chi connectivity index (χ4v) is 3.71. The average Bonchev–Trinajstić information content (AvgIpc) is 3.03. The second kappa shape index (κ2) is 8.47. The van der Waals surface area contributed by atoms with Crippen molar-refractivity contribution >= 4 is 16.9 Å². The van der Waals surface area contributed by atoms with Gasteiger partial charge in [-0.25, -0.2) is 13.6 Å². The number of rotatable bonds is 7. The second-order valence-electron chi connectivity index (χ2n) is 7.10. The minimum absolute atomic E-state index is 0.173. The van der Waals surface area contributed by atoms with Crippen molar-refractivity contribution in [1.29, 1.82) is 0 Å². The van der Waals surface area contributed by atoms with Crippen molar-refractivity contribution in [2.24, 2.45) is 0 Å². The van der Waals surface area contributed by atoms with Crippen LogP contribution >= 0.6 is 0 Å². The summed E-state index contributed by atoms with van der Waals surface area (Å²) in [6.45, 7) is 1.05. The molecule has 4 nitrogen and oxygen atoms in total. The monoisotopic (exact) mass is 406 g/mol. The summed E-state index contributed by atoms with van der Waals surface area (Å²) in [5.74, 6) is -1.70. The number of aromatic nitrogens is 1. The molecule has 30 heavy (non-hydrogen) atoms. The Balaban J connectivity index is 1.69. The predicted molar refractivity (Wildman–Crippen MR) is 111 cm³/mol. The number of halogens is 2. The highest BCUT2D eigenvalue weighted by Gasteiger charge is 2.22. The fourth-order valence-electron chi connectivity index (χ4n) is 3.71. The lowest BCUT2D eigenvalue weighted by Gasteiger charge is -2.10. The number of nitrogens with zero attached hydrogens (tertiary/aromatic N) is 1. The van der Waals surface area contributed by atoms with Crippen LogP contribution in [0.4, 0.5) is 8.78 Å². The Labute approximate surface area is 172 Å². The maximum atomic E-state index is 13.6. The van der Waals surface area contributed by atoms with Crippen molar-refractivity contribution in [2.45, 2.75) is 19.6 Å². The van der Waals surface area contributed by atoms with Crippen LogP contribution in [-0.4, -0.2) is 15.6 Å². The van der Waals surface area contributed by atoms with Crippen molar-refractivity contribution in [3.05, 3.63) is 107 Å².